The molecule has 4 heterocycles. The van der Waals surface area contributed by atoms with Crippen molar-refractivity contribution in [3.05, 3.63) is 48.7 Å². The lowest BCUT2D eigenvalue weighted by Gasteiger charge is -2.28. The standard InChI is InChI=1S/C24H24FN7O3/c1-31-12-14(10-27-31)18-11-26-17-5-6-21(30-24(17)29-18)32(13-15-4-7-22(33)28-15)19-8-16(34-2)9-20(35-3)23(19)25/h5-6,8-12,15H,4,7,13H2,1-3H3,(H,28,33). The van der Waals surface area contributed by atoms with Gasteiger partial charge in [-0.05, 0) is 18.6 Å². The number of benzene rings is 1. The van der Waals surface area contributed by atoms with Crippen LogP contribution in [0.15, 0.2) is 42.9 Å². The number of nitrogens with zero attached hydrogens (tertiary/aromatic N) is 6. The van der Waals surface area contributed by atoms with E-state index in [4.69, 9.17) is 14.5 Å². The van der Waals surface area contributed by atoms with Crippen LogP contribution in [-0.2, 0) is 11.8 Å². The molecule has 35 heavy (non-hydrogen) atoms. The molecule has 1 aliphatic heterocycles. The molecule has 0 aliphatic carbocycles. The van der Waals surface area contributed by atoms with E-state index in [-0.39, 0.29) is 23.4 Å². The van der Waals surface area contributed by atoms with Crippen molar-refractivity contribution in [3.63, 3.8) is 0 Å². The van der Waals surface area contributed by atoms with E-state index < -0.39 is 5.82 Å². The molecule has 1 fully saturated rings. The molecule has 180 valence electrons. The Bertz CT molecular complexity index is 1410. The third kappa shape index (κ3) is 4.44. The van der Waals surface area contributed by atoms with Crippen LogP contribution in [0.4, 0.5) is 15.9 Å². The Labute approximate surface area is 200 Å². The molecule has 10 nitrogen and oxygen atoms in total. The number of pyridine rings is 1. The summed E-state index contributed by atoms with van der Waals surface area (Å²) in [6.45, 7) is 0.299. The molecule has 3 aromatic heterocycles. The second-order valence-electron chi connectivity index (χ2n) is 8.25. The average molecular weight is 478 g/mol. The number of hydrogen-bond donors (Lipinski definition) is 1. The monoisotopic (exact) mass is 477 g/mol. The highest BCUT2D eigenvalue weighted by Gasteiger charge is 2.27. The quantitative estimate of drug-likeness (QED) is 0.433. The van der Waals surface area contributed by atoms with Crippen LogP contribution in [0.1, 0.15) is 12.8 Å². The fraction of sp³-hybridized carbons (Fsp3) is 0.292. The van der Waals surface area contributed by atoms with Crippen molar-refractivity contribution in [2.75, 3.05) is 25.7 Å². The maximum absolute atomic E-state index is 15.5. The van der Waals surface area contributed by atoms with E-state index in [2.05, 4.69) is 20.4 Å². The van der Waals surface area contributed by atoms with E-state index in [1.165, 1.54) is 20.3 Å². The molecule has 1 aromatic carbocycles. The Morgan fingerprint density at radius 1 is 1.20 bits per heavy atom. The fourth-order valence-electron chi connectivity index (χ4n) is 4.10. The van der Waals surface area contributed by atoms with Gasteiger partial charge in [0.2, 0.25) is 5.91 Å². The molecular formula is C24H24FN7O3. The molecule has 5 rings (SSSR count). The number of rotatable bonds is 7. The van der Waals surface area contributed by atoms with Crippen molar-refractivity contribution in [3.8, 4) is 22.8 Å². The fourth-order valence-corrected chi connectivity index (χ4v) is 4.10. The molecule has 11 heteroatoms. The molecule has 0 radical (unpaired) electrons. The van der Waals surface area contributed by atoms with Crippen LogP contribution in [0.5, 0.6) is 11.5 Å². The SMILES string of the molecule is COc1cc(OC)c(F)c(N(CC2CCC(=O)N2)c2ccc3ncc(-c4cnn(C)c4)nc3n2)c1. The zero-order valence-corrected chi connectivity index (χ0v) is 19.5. The largest absolute Gasteiger partial charge is 0.497 e. The normalized spacial score (nSPS) is 15.3. The molecule has 1 unspecified atom stereocenters. The number of methoxy groups -OCH3 is 2. The predicted molar refractivity (Wildman–Crippen MR) is 127 cm³/mol. The molecule has 1 atom stereocenters. The maximum Gasteiger partial charge on any atom is 0.220 e. The minimum absolute atomic E-state index is 0.0305. The maximum atomic E-state index is 15.5. The van der Waals surface area contributed by atoms with Gasteiger partial charge in [0.15, 0.2) is 17.2 Å². The number of nitrogens with one attached hydrogen (secondary N) is 1. The van der Waals surface area contributed by atoms with E-state index in [1.807, 2.05) is 13.2 Å². The van der Waals surface area contributed by atoms with Crippen molar-refractivity contribution in [1.29, 1.82) is 0 Å². The van der Waals surface area contributed by atoms with Gasteiger partial charge in [-0.25, -0.2) is 14.4 Å². The van der Waals surface area contributed by atoms with Gasteiger partial charge < -0.3 is 19.7 Å². The number of halogens is 1. The number of carbonyl (C=O) groups excluding carboxylic acids is 1. The van der Waals surface area contributed by atoms with E-state index in [0.717, 1.165) is 5.56 Å². The molecular weight excluding hydrogens is 453 g/mol. The third-order valence-electron chi connectivity index (χ3n) is 5.90. The second-order valence-corrected chi connectivity index (χ2v) is 8.25. The van der Waals surface area contributed by atoms with Crippen molar-refractivity contribution in [1.82, 2.24) is 30.0 Å². The van der Waals surface area contributed by atoms with Crippen LogP contribution >= 0.6 is 0 Å². The first-order valence-corrected chi connectivity index (χ1v) is 11.1. The van der Waals surface area contributed by atoms with Crippen LogP contribution < -0.4 is 19.7 Å². The van der Waals surface area contributed by atoms with Crippen molar-refractivity contribution in [2.45, 2.75) is 18.9 Å². The number of ether oxygens (including phenoxy) is 2. The molecule has 1 amide bonds. The molecule has 0 saturated carbocycles. The number of aromatic nitrogens is 5. The summed E-state index contributed by atoms with van der Waals surface area (Å²) in [5, 5.41) is 7.12. The van der Waals surface area contributed by atoms with Crippen LogP contribution in [-0.4, -0.2) is 57.4 Å². The first-order valence-electron chi connectivity index (χ1n) is 11.1. The van der Waals surface area contributed by atoms with E-state index in [9.17, 15) is 4.79 Å². The Hall–Kier alpha value is -4.28. The van der Waals surface area contributed by atoms with E-state index >= 15 is 4.39 Å². The summed E-state index contributed by atoms with van der Waals surface area (Å²) in [6.07, 6.45) is 6.27. The summed E-state index contributed by atoms with van der Waals surface area (Å²) in [4.78, 5) is 27.4. The van der Waals surface area contributed by atoms with Crippen LogP contribution in [0.25, 0.3) is 22.4 Å². The van der Waals surface area contributed by atoms with Crippen LogP contribution in [0.3, 0.4) is 0 Å². The zero-order valence-electron chi connectivity index (χ0n) is 19.5. The number of carbonyl (C=O) groups is 1. The Morgan fingerprint density at radius 3 is 2.74 bits per heavy atom. The number of aryl methyl sites for hydroxylation is 1. The summed E-state index contributed by atoms with van der Waals surface area (Å²) in [5.41, 5.74) is 2.65. The molecule has 0 spiro atoms. The van der Waals surface area contributed by atoms with Crippen LogP contribution in [0.2, 0.25) is 0 Å². The number of amides is 1. The summed E-state index contributed by atoms with van der Waals surface area (Å²) >= 11 is 0. The first kappa shape index (κ1) is 22.5. The van der Waals surface area contributed by atoms with E-state index in [1.54, 1.807) is 40.2 Å². The summed E-state index contributed by atoms with van der Waals surface area (Å²) in [7, 11) is 4.72. The number of anilines is 2. The van der Waals surface area contributed by atoms with Gasteiger partial charge >= 0.3 is 0 Å². The Kier molecular flexibility index (Phi) is 5.89. The van der Waals surface area contributed by atoms with Gasteiger partial charge in [-0.2, -0.15) is 5.10 Å². The summed E-state index contributed by atoms with van der Waals surface area (Å²) < 4.78 is 27.8. The van der Waals surface area contributed by atoms with Gasteiger partial charge in [-0.15, -0.1) is 0 Å². The minimum atomic E-state index is -0.560. The Morgan fingerprint density at radius 2 is 2.06 bits per heavy atom. The summed E-state index contributed by atoms with van der Waals surface area (Å²) in [6, 6.07) is 6.42. The van der Waals surface area contributed by atoms with Gasteiger partial charge in [-0.1, -0.05) is 0 Å². The highest BCUT2D eigenvalue weighted by atomic mass is 19.1. The smallest absolute Gasteiger partial charge is 0.220 e. The molecule has 1 aliphatic rings. The van der Waals surface area contributed by atoms with Gasteiger partial charge in [0.1, 0.15) is 17.1 Å². The number of hydrogen-bond acceptors (Lipinski definition) is 8. The van der Waals surface area contributed by atoms with Crippen molar-refractivity contribution in [2.24, 2.45) is 7.05 Å². The van der Waals surface area contributed by atoms with E-state index in [0.29, 0.717) is 47.8 Å². The average Bonchev–Trinajstić information content (AvgIpc) is 3.50. The third-order valence-corrected chi connectivity index (χ3v) is 5.90. The lowest BCUT2D eigenvalue weighted by Crippen LogP contribution is -2.37. The zero-order chi connectivity index (χ0) is 24.5. The first-order chi connectivity index (χ1) is 16.9. The van der Waals surface area contributed by atoms with Crippen LogP contribution in [0, 0.1) is 5.82 Å². The molecule has 4 aromatic rings. The van der Waals surface area contributed by atoms with Gasteiger partial charge in [0.25, 0.3) is 0 Å². The van der Waals surface area contributed by atoms with Gasteiger partial charge in [0.05, 0.1) is 38.0 Å². The topological polar surface area (TPSA) is 107 Å². The molecule has 0 bridgehead atoms. The second kappa shape index (κ2) is 9.16. The molecule has 1 N–H and O–H groups in total. The predicted octanol–water partition coefficient (Wildman–Crippen LogP) is 3.00. The number of fused-ring (bicyclic) bond motifs is 1. The Balaban J connectivity index is 1.61. The lowest BCUT2D eigenvalue weighted by molar-refractivity contribution is -0.119. The molecule has 1 saturated heterocycles. The van der Waals surface area contributed by atoms with Gasteiger partial charge in [-0.3, -0.25) is 14.5 Å². The van der Waals surface area contributed by atoms with Crippen molar-refractivity contribution >= 4 is 28.6 Å². The lowest BCUT2D eigenvalue weighted by atomic mass is 10.1. The minimum Gasteiger partial charge on any atom is -0.497 e. The van der Waals surface area contributed by atoms with Crippen molar-refractivity contribution < 1.29 is 18.7 Å². The van der Waals surface area contributed by atoms with Gasteiger partial charge in [0, 0.05) is 49.9 Å². The highest BCUT2D eigenvalue weighted by Crippen LogP contribution is 2.37. The summed E-state index contributed by atoms with van der Waals surface area (Å²) in [5.74, 6) is 0.328. The highest BCUT2D eigenvalue weighted by molar-refractivity contribution is 5.79.